The number of ether oxygens (including phenoxy) is 1. The lowest BCUT2D eigenvalue weighted by molar-refractivity contribution is 0.291. The van der Waals surface area contributed by atoms with Crippen LogP contribution in [0.2, 0.25) is 5.28 Å². The summed E-state index contributed by atoms with van der Waals surface area (Å²) in [5, 5.41) is 3.26. The van der Waals surface area contributed by atoms with Crippen LogP contribution in [0.5, 0.6) is 6.01 Å². The standard InChI is InChI=1S/C14H17ClN4OS/c1-2-9-20-14-18-12(15)17-13(19-14)16-8-10-21-11-6-4-3-5-7-11/h3-7H,2,8-10H2,1H3,(H,16,17,18,19). The van der Waals surface area contributed by atoms with Crippen LogP contribution in [0.4, 0.5) is 5.95 Å². The van der Waals surface area contributed by atoms with Crippen LogP contribution in [0.1, 0.15) is 13.3 Å². The maximum atomic E-state index is 5.85. The molecule has 7 heteroatoms. The molecule has 0 aliphatic rings. The van der Waals surface area contributed by atoms with Gasteiger partial charge in [0.2, 0.25) is 11.2 Å². The molecule has 112 valence electrons. The Morgan fingerprint density at radius 3 is 2.76 bits per heavy atom. The van der Waals surface area contributed by atoms with E-state index in [-0.39, 0.29) is 11.3 Å². The normalized spacial score (nSPS) is 10.4. The molecule has 0 saturated heterocycles. The summed E-state index contributed by atoms with van der Waals surface area (Å²) in [5.41, 5.74) is 0. The molecule has 5 nitrogen and oxygen atoms in total. The second kappa shape index (κ2) is 8.69. The van der Waals surface area contributed by atoms with Gasteiger partial charge in [-0.1, -0.05) is 25.1 Å². The van der Waals surface area contributed by atoms with Gasteiger partial charge in [0.05, 0.1) is 6.61 Å². The van der Waals surface area contributed by atoms with Gasteiger partial charge in [-0.2, -0.15) is 15.0 Å². The third-order valence-electron chi connectivity index (χ3n) is 2.42. The van der Waals surface area contributed by atoms with Gasteiger partial charge in [-0.25, -0.2) is 0 Å². The molecule has 0 atom stereocenters. The fraction of sp³-hybridized carbons (Fsp3) is 0.357. The monoisotopic (exact) mass is 324 g/mol. The van der Waals surface area contributed by atoms with E-state index in [1.54, 1.807) is 11.8 Å². The summed E-state index contributed by atoms with van der Waals surface area (Å²) in [5.74, 6) is 1.34. The van der Waals surface area contributed by atoms with E-state index in [0.717, 1.165) is 18.7 Å². The van der Waals surface area contributed by atoms with Crippen LogP contribution in [0.15, 0.2) is 35.2 Å². The quantitative estimate of drug-likeness (QED) is 0.592. The van der Waals surface area contributed by atoms with Crippen LogP contribution in [0, 0.1) is 0 Å². The average Bonchev–Trinajstić information content (AvgIpc) is 2.50. The van der Waals surface area contributed by atoms with E-state index < -0.39 is 0 Å². The van der Waals surface area contributed by atoms with Crippen LogP contribution < -0.4 is 10.1 Å². The number of benzene rings is 1. The van der Waals surface area contributed by atoms with E-state index >= 15 is 0 Å². The molecule has 2 aromatic rings. The number of aromatic nitrogens is 3. The largest absolute Gasteiger partial charge is 0.463 e. The highest BCUT2D eigenvalue weighted by molar-refractivity contribution is 7.99. The maximum absolute atomic E-state index is 5.85. The van der Waals surface area contributed by atoms with Gasteiger partial charge < -0.3 is 10.1 Å². The van der Waals surface area contributed by atoms with Gasteiger partial charge in [-0.05, 0) is 30.2 Å². The minimum Gasteiger partial charge on any atom is -0.463 e. The average molecular weight is 325 g/mol. The number of hydrogen-bond donors (Lipinski definition) is 1. The van der Waals surface area contributed by atoms with Crippen molar-refractivity contribution in [3.63, 3.8) is 0 Å². The molecule has 21 heavy (non-hydrogen) atoms. The molecule has 2 rings (SSSR count). The van der Waals surface area contributed by atoms with Crippen molar-refractivity contribution < 1.29 is 4.74 Å². The third kappa shape index (κ3) is 5.77. The molecule has 0 radical (unpaired) electrons. The Hall–Kier alpha value is -1.53. The number of hydrogen-bond acceptors (Lipinski definition) is 6. The van der Waals surface area contributed by atoms with Crippen molar-refractivity contribution in [3.8, 4) is 6.01 Å². The highest BCUT2D eigenvalue weighted by Crippen LogP contribution is 2.17. The molecule has 1 N–H and O–H groups in total. The van der Waals surface area contributed by atoms with E-state index in [9.17, 15) is 0 Å². The highest BCUT2D eigenvalue weighted by atomic mass is 35.5. The van der Waals surface area contributed by atoms with Crippen molar-refractivity contribution in [3.05, 3.63) is 35.6 Å². The minimum atomic E-state index is 0.134. The van der Waals surface area contributed by atoms with Crippen molar-refractivity contribution in [2.45, 2.75) is 18.2 Å². The predicted molar refractivity (Wildman–Crippen MR) is 86.3 cm³/mol. The van der Waals surface area contributed by atoms with Gasteiger partial charge >= 0.3 is 6.01 Å². The zero-order valence-electron chi connectivity index (χ0n) is 11.8. The van der Waals surface area contributed by atoms with E-state index in [1.807, 2.05) is 25.1 Å². The number of rotatable bonds is 8. The van der Waals surface area contributed by atoms with Crippen LogP contribution in [0.25, 0.3) is 0 Å². The minimum absolute atomic E-state index is 0.134. The first-order chi connectivity index (χ1) is 10.3. The van der Waals surface area contributed by atoms with Crippen molar-refractivity contribution >= 4 is 29.3 Å². The lowest BCUT2D eigenvalue weighted by Crippen LogP contribution is -2.10. The van der Waals surface area contributed by atoms with Gasteiger partial charge in [0, 0.05) is 17.2 Å². The van der Waals surface area contributed by atoms with Crippen LogP contribution >= 0.6 is 23.4 Å². The zero-order chi connectivity index (χ0) is 14.9. The molecule has 0 aliphatic heterocycles. The molecule has 1 heterocycles. The fourth-order valence-corrected chi connectivity index (χ4v) is 2.46. The van der Waals surface area contributed by atoms with Gasteiger partial charge in [-0.15, -0.1) is 11.8 Å². The molecular weight excluding hydrogens is 308 g/mol. The molecule has 1 aromatic heterocycles. The fourth-order valence-electron chi connectivity index (χ4n) is 1.52. The summed E-state index contributed by atoms with van der Waals surface area (Å²) in [7, 11) is 0. The maximum Gasteiger partial charge on any atom is 0.322 e. The van der Waals surface area contributed by atoms with Gasteiger partial charge in [0.15, 0.2) is 0 Å². The first-order valence-electron chi connectivity index (χ1n) is 6.74. The lowest BCUT2D eigenvalue weighted by atomic mass is 10.4. The number of nitrogens with zero attached hydrogens (tertiary/aromatic N) is 3. The van der Waals surface area contributed by atoms with Crippen LogP contribution in [-0.2, 0) is 0 Å². The molecule has 0 bridgehead atoms. The first kappa shape index (κ1) is 15.9. The Morgan fingerprint density at radius 1 is 1.19 bits per heavy atom. The van der Waals surface area contributed by atoms with Crippen molar-refractivity contribution in [1.29, 1.82) is 0 Å². The van der Waals surface area contributed by atoms with Gasteiger partial charge in [0.25, 0.3) is 0 Å². The predicted octanol–water partition coefficient (Wildman–Crippen LogP) is 3.52. The number of nitrogens with one attached hydrogen (secondary N) is 1. The second-order valence-corrected chi connectivity index (χ2v) is 5.65. The summed E-state index contributed by atoms with van der Waals surface area (Å²) >= 11 is 7.61. The number of anilines is 1. The SMILES string of the molecule is CCCOc1nc(Cl)nc(NCCSc2ccccc2)n1. The van der Waals surface area contributed by atoms with E-state index in [1.165, 1.54) is 4.90 Å². The Kier molecular flexibility index (Phi) is 6.56. The lowest BCUT2D eigenvalue weighted by Gasteiger charge is -2.07. The molecule has 0 aliphatic carbocycles. The van der Waals surface area contributed by atoms with E-state index in [0.29, 0.717) is 12.6 Å². The van der Waals surface area contributed by atoms with Crippen molar-refractivity contribution in [2.24, 2.45) is 0 Å². The zero-order valence-corrected chi connectivity index (χ0v) is 13.3. The Labute approximate surface area is 133 Å². The molecule has 0 saturated carbocycles. The Balaban J connectivity index is 1.81. The molecule has 0 unspecified atom stereocenters. The number of thioether (sulfide) groups is 1. The summed E-state index contributed by atoms with van der Waals surface area (Å²) in [6.45, 7) is 3.31. The molecular formula is C14H17ClN4OS. The van der Waals surface area contributed by atoms with Crippen molar-refractivity contribution in [1.82, 2.24) is 15.0 Å². The van der Waals surface area contributed by atoms with Gasteiger partial charge in [0.1, 0.15) is 0 Å². The third-order valence-corrected chi connectivity index (χ3v) is 3.60. The molecule has 0 amide bonds. The Bertz CT molecular complexity index is 556. The van der Waals surface area contributed by atoms with E-state index in [4.69, 9.17) is 16.3 Å². The smallest absolute Gasteiger partial charge is 0.322 e. The molecule has 0 fully saturated rings. The molecule has 1 aromatic carbocycles. The van der Waals surface area contributed by atoms with E-state index in [2.05, 4.69) is 32.4 Å². The van der Waals surface area contributed by atoms with Crippen molar-refractivity contribution in [2.75, 3.05) is 24.2 Å². The highest BCUT2D eigenvalue weighted by Gasteiger charge is 2.05. The Morgan fingerprint density at radius 2 is 2.00 bits per heavy atom. The van der Waals surface area contributed by atoms with Crippen LogP contribution in [0.3, 0.4) is 0 Å². The molecule has 0 spiro atoms. The number of halogens is 1. The summed E-state index contributed by atoms with van der Waals surface area (Å²) in [6, 6.07) is 10.5. The topological polar surface area (TPSA) is 59.9 Å². The van der Waals surface area contributed by atoms with Gasteiger partial charge in [-0.3, -0.25) is 0 Å². The van der Waals surface area contributed by atoms with Crippen LogP contribution in [-0.4, -0.2) is 33.9 Å². The summed E-state index contributed by atoms with van der Waals surface area (Å²) < 4.78 is 5.36. The second-order valence-electron chi connectivity index (χ2n) is 4.15. The summed E-state index contributed by atoms with van der Waals surface area (Å²) in [4.78, 5) is 13.4. The summed E-state index contributed by atoms with van der Waals surface area (Å²) in [6.07, 6.45) is 0.889. The first-order valence-corrected chi connectivity index (χ1v) is 8.10.